The van der Waals surface area contributed by atoms with Crippen LogP contribution in [0.4, 0.5) is 0 Å². The maximum atomic E-state index is 12.8. The van der Waals surface area contributed by atoms with Gasteiger partial charge in [0.05, 0.1) is 11.1 Å². The van der Waals surface area contributed by atoms with Crippen molar-refractivity contribution in [2.45, 2.75) is 38.8 Å². The van der Waals surface area contributed by atoms with E-state index in [2.05, 4.69) is 10.3 Å². The summed E-state index contributed by atoms with van der Waals surface area (Å²) in [6, 6.07) is 12.8. The van der Waals surface area contributed by atoms with Crippen molar-refractivity contribution in [1.82, 2.24) is 10.3 Å². The molecule has 1 amide bonds. The summed E-state index contributed by atoms with van der Waals surface area (Å²) in [5.74, 6) is 0.504. The normalized spacial score (nSPS) is 14.7. The van der Waals surface area contributed by atoms with E-state index < -0.39 is 12.1 Å². The molecule has 4 rings (SSSR count). The molecule has 2 aromatic heterocycles. The molecule has 27 heavy (non-hydrogen) atoms. The summed E-state index contributed by atoms with van der Waals surface area (Å²) >= 11 is 0. The number of carbonyl (C=O) groups excluding carboxylic acids is 2. The minimum absolute atomic E-state index is 0.217. The molecule has 1 aliphatic rings. The molecule has 0 radical (unpaired) electrons. The number of nitrogens with zero attached hydrogens (tertiary/aromatic N) is 1. The van der Waals surface area contributed by atoms with Crippen molar-refractivity contribution < 1.29 is 18.7 Å². The van der Waals surface area contributed by atoms with Gasteiger partial charge in [-0.3, -0.25) is 4.79 Å². The van der Waals surface area contributed by atoms with Crippen LogP contribution in [0.3, 0.4) is 0 Å². The lowest BCUT2D eigenvalue weighted by Gasteiger charge is -2.14. The van der Waals surface area contributed by atoms with Gasteiger partial charge in [0.15, 0.2) is 11.9 Å². The zero-order valence-corrected chi connectivity index (χ0v) is 15.2. The van der Waals surface area contributed by atoms with Gasteiger partial charge < -0.3 is 14.5 Å². The number of aromatic nitrogens is 1. The molecule has 1 N–H and O–H groups in total. The van der Waals surface area contributed by atoms with Crippen LogP contribution in [0.1, 0.15) is 35.9 Å². The second-order valence-corrected chi connectivity index (χ2v) is 6.81. The van der Waals surface area contributed by atoms with Crippen LogP contribution in [0.2, 0.25) is 0 Å². The minimum Gasteiger partial charge on any atom is -0.460 e. The van der Waals surface area contributed by atoms with Crippen LogP contribution in [0.5, 0.6) is 0 Å². The minimum atomic E-state index is -0.862. The smallest absolute Gasteiger partial charge is 0.339 e. The van der Waals surface area contributed by atoms with E-state index in [1.165, 1.54) is 0 Å². The van der Waals surface area contributed by atoms with Crippen LogP contribution in [-0.4, -0.2) is 29.0 Å². The van der Waals surface area contributed by atoms with Crippen molar-refractivity contribution >= 4 is 22.8 Å². The Labute approximate surface area is 156 Å². The summed E-state index contributed by atoms with van der Waals surface area (Å²) in [5.41, 5.74) is 1.56. The molecule has 0 bridgehead atoms. The predicted octanol–water partition coefficient (Wildman–Crippen LogP) is 3.63. The quantitative estimate of drug-likeness (QED) is 0.699. The highest BCUT2D eigenvalue weighted by molar-refractivity contribution is 6.05. The molecule has 0 saturated heterocycles. The third-order valence-corrected chi connectivity index (χ3v) is 4.51. The van der Waals surface area contributed by atoms with Gasteiger partial charge >= 0.3 is 5.97 Å². The Morgan fingerprint density at radius 1 is 1.22 bits per heavy atom. The van der Waals surface area contributed by atoms with Gasteiger partial charge in [0, 0.05) is 11.4 Å². The van der Waals surface area contributed by atoms with Crippen molar-refractivity contribution in [3.8, 4) is 11.5 Å². The largest absolute Gasteiger partial charge is 0.460 e. The Morgan fingerprint density at radius 3 is 2.70 bits per heavy atom. The number of furan rings is 1. The summed E-state index contributed by atoms with van der Waals surface area (Å²) in [6.07, 6.45) is 1.10. The van der Waals surface area contributed by atoms with E-state index in [1.807, 2.05) is 43.3 Å². The highest BCUT2D eigenvalue weighted by Gasteiger charge is 2.28. The number of ether oxygens (including phenoxy) is 1. The fraction of sp³-hybridized carbons (Fsp3) is 0.286. The van der Waals surface area contributed by atoms with E-state index in [-0.39, 0.29) is 11.9 Å². The van der Waals surface area contributed by atoms with Crippen LogP contribution in [-0.2, 0) is 9.53 Å². The number of hydrogen-bond donors (Lipinski definition) is 1. The van der Waals surface area contributed by atoms with Crippen molar-refractivity contribution in [3.63, 3.8) is 0 Å². The number of hydrogen-bond acceptors (Lipinski definition) is 5. The molecule has 0 unspecified atom stereocenters. The van der Waals surface area contributed by atoms with Crippen LogP contribution < -0.4 is 5.32 Å². The predicted molar refractivity (Wildman–Crippen MR) is 100 cm³/mol. The molecular formula is C21H20N2O4. The lowest BCUT2D eigenvalue weighted by atomic mass is 10.1. The van der Waals surface area contributed by atoms with E-state index in [0.717, 1.165) is 18.6 Å². The lowest BCUT2D eigenvalue weighted by Crippen LogP contribution is -2.37. The number of amides is 1. The molecule has 6 heteroatoms. The van der Waals surface area contributed by atoms with Gasteiger partial charge in [0.2, 0.25) is 0 Å². The Balaban J connectivity index is 1.66. The number of pyridine rings is 1. The molecule has 1 aliphatic carbocycles. The first kappa shape index (κ1) is 17.3. The number of nitrogens with one attached hydrogen (secondary N) is 1. The van der Waals surface area contributed by atoms with Gasteiger partial charge in [-0.05, 0) is 51.0 Å². The van der Waals surface area contributed by atoms with Gasteiger partial charge in [-0.2, -0.15) is 0 Å². The Kier molecular flexibility index (Phi) is 4.39. The van der Waals surface area contributed by atoms with Crippen LogP contribution in [0.15, 0.2) is 46.9 Å². The molecular weight excluding hydrogens is 344 g/mol. The van der Waals surface area contributed by atoms with E-state index >= 15 is 0 Å². The van der Waals surface area contributed by atoms with Crippen LogP contribution in [0, 0.1) is 6.92 Å². The summed E-state index contributed by atoms with van der Waals surface area (Å²) in [5, 5.41) is 3.51. The zero-order valence-electron chi connectivity index (χ0n) is 15.2. The molecule has 3 aromatic rings. The molecule has 6 nitrogen and oxygen atoms in total. The van der Waals surface area contributed by atoms with E-state index in [0.29, 0.717) is 27.9 Å². The van der Waals surface area contributed by atoms with Gasteiger partial charge in [0.1, 0.15) is 11.5 Å². The summed E-state index contributed by atoms with van der Waals surface area (Å²) in [4.78, 5) is 29.5. The molecule has 1 fully saturated rings. The van der Waals surface area contributed by atoms with Gasteiger partial charge in [0.25, 0.3) is 5.91 Å². The average molecular weight is 364 g/mol. The second kappa shape index (κ2) is 6.87. The van der Waals surface area contributed by atoms with Crippen molar-refractivity contribution in [3.05, 3.63) is 53.8 Å². The number of benzene rings is 1. The molecule has 2 heterocycles. The number of aryl methyl sites for hydroxylation is 1. The summed E-state index contributed by atoms with van der Waals surface area (Å²) in [6.45, 7) is 3.43. The average Bonchev–Trinajstić information content (AvgIpc) is 3.37. The van der Waals surface area contributed by atoms with Crippen LogP contribution >= 0.6 is 0 Å². The number of rotatable bonds is 5. The van der Waals surface area contributed by atoms with E-state index in [4.69, 9.17) is 9.15 Å². The molecule has 1 atom stereocenters. The molecule has 0 aliphatic heterocycles. The molecule has 138 valence electrons. The summed E-state index contributed by atoms with van der Waals surface area (Å²) in [7, 11) is 0. The maximum Gasteiger partial charge on any atom is 0.339 e. The fourth-order valence-corrected chi connectivity index (χ4v) is 2.87. The van der Waals surface area contributed by atoms with Crippen molar-refractivity contribution in [2.75, 3.05) is 0 Å². The molecule has 1 saturated carbocycles. The number of esters is 1. The Morgan fingerprint density at radius 2 is 2.00 bits per heavy atom. The van der Waals surface area contributed by atoms with E-state index in [9.17, 15) is 9.59 Å². The Bertz CT molecular complexity index is 1020. The number of para-hydroxylation sites is 1. The summed E-state index contributed by atoms with van der Waals surface area (Å²) < 4.78 is 11.1. The first-order valence-corrected chi connectivity index (χ1v) is 8.99. The molecule has 0 spiro atoms. The van der Waals surface area contributed by atoms with Crippen molar-refractivity contribution in [2.24, 2.45) is 0 Å². The van der Waals surface area contributed by atoms with E-state index in [1.54, 1.807) is 13.0 Å². The highest BCUT2D eigenvalue weighted by Crippen LogP contribution is 2.27. The zero-order chi connectivity index (χ0) is 19.0. The van der Waals surface area contributed by atoms with Crippen LogP contribution in [0.25, 0.3) is 22.4 Å². The SMILES string of the molecule is Cc1ccc(-c2cc(C(=O)O[C@@H](C)C(=O)NC3CC3)c3ccccc3n2)o1. The van der Waals surface area contributed by atoms with Crippen molar-refractivity contribution in [1.29, 1.82) is 0 Å². The monoisotopic (exact) mass is 364 g/mol. The highest BCUT2D eigenvalue weighted by atomic mass is 16.5. The lowest BCUT2D eigenvalue weighted by molar-refractivity contribution is -0.129. The first-order valence-electron chi connectivity index (χ1n) is 8.99. The van der Waals surface area contributed by atoms with Gasteiger partial charge in [-0.15, -0.1) is 0 Å². The Hall–Kier alpha value is -3.15. The number of fused-ring (bicyclic) bond motifs is 1. The van der Waals surface area contributed by atoms with Gasteiger partial charge in [-0.1, -0.05) is 18.2 Å². The second-order valence-electron chi connectivity index (χ2n) is 6.81. The fourth-order valence-electron chi connectivity index (χ4n) is 2.87. The third-order valence-electron chi connectivity index (χ3n) is 4.51. The number of carbonyl (C=O) groups is 2. The first-order chi connectivity index (χ1) is 13.0. The third kappa shape index (κ3) is 3.69. The molecule has 1 aromatic carbocycles. The van der Waals surface area contributed by atoms with Gasteiger partial charge in [-0.25, -0.2) is 9.78 Å². The topological polar surface area (TPSA) is 81.4 Å². The maximum absolute atomic E-state index is 12.8. The standard InChI is InChI=1S/C21H20N2O4/c1-12-7-10-19(26-12)18-11-16(15-5-3-4-6-17(15)23-18)21(25)27-13(2)20(24)22-14-8-9-14/h3-7,10-11,13-14H,8-9H2,1-2H3,(H,22,24)/t13-/m0/s1.